The lowest BCUT2D eigenvalue weighted by Crippen LogP contribution is -2.22. The fourth-order valence-corrected chi connectivity index (χ4v) is 1.85. The maximum atomic E-state index is 11.7. The number of allylic oxidation sites excluding steroid dienone is 1. The van der Waals surface area contributed by atoms with Crippen LogP contribution in [0.1, 0.15) is 22.8 Å². The summed E-state index contributed by atoms with van der Waals surface area (Å²) in [6, 6.07) is 6.78. The highest BCUT2D eigenvalue weighted by Gasteiger charge is 2.32. The molecule has 1 aliphatic rings. The average Bonchev–Trinajstić information content (AvgIpc) is 2.32. The first kappa shape index (κ1) is 10.9. The van der Waals surface area contributed by atoms with Crippen molar-refractivity contribution in [3.05, 3.63) is 40.4 Å². The second-order valence-electron chi connectivity index (χ2n) is 3.28. The Labute approximate surface area is 97.7 Å². The Morgan fingerprint density at radius 2 is 1.75 bits per heavy atom. The van der Waals surface area contributed by atoms with Crippen LogP contribution in [-0.2, 0) is 9.53 Å². The molecule has 3 nitrogen and oxygen atoms in total. The standard InChI is InChI=1S/C12H9ClO3/c1-2-16-12-8-6-4-3-5-7(8)10(14)11(15)9(12)13/h3-6H,2H2,1H3. The Morgan fingerprint density at radius 1 is 1.12 bits per heavy atom. The SMILES string of the molecule is CCOC1=C(Cl)C(=O)C(=O)c2ccccc21. The lowest BCUT2D eigenvalue weighted by Gasteiger charge is -2.18. The van der Waals surface area contributed by atoms with Gasteiger partial charge in [0.25, 0.3) is 0 Å². The molecule has 0 radical (unpaired) electrons. The van der Waals surface area contributed by atoms with E-state index in [0.29, 0.717) is 23.5 Å². The number of benzene rings is 1. The largest absolute Gasteiger partial charge is 0.492 e. The van der Waals surface area contributed by atoms with E-state index in [-0.39, 0.29) is 5.03 Å². The molecule has 0 bridgehead atoms. The number of Topliss-reactive ketones (excluding diaryl/α,β-unsaturated/α-hetero) is 2. The zero-order valence-electron chi connectivity index (χ0n) is 8.62. The predicted molar refractivity (Wildman–Crippen MR) is 60.2 cm³/mol. The van der Waals surface area contributed by atoms with Crippen LogP contribution in [0.4, 0.5) is 0 Å². The lowest BCUT2D eigenvalue weighted by atomic mass is 9.94. The normalized spacial score (nSPS) is 15.1. The zero-order valence-corrected chi connectivity index (χ0v) is 9.38. The molecule has 2 rings (SSSR count). The highest BCUT2D eigenvalue weighted by molar-refractivity contribution is 6.64. The third-order valence-corrected chi connectivity index (χ3v) is 2.65. The predicted octanol–water partition coefficient (Wildman–Crippen LogP) is 2.40. The molecule has 82 valence electrons. The molecule has 1 aromatic carbocycles. The van der Waals surface area contributed by atoms with Gasteiger partial charge in [0.1, 0.15) is 10.8 Å². The summed E-state index contributed by atoms with van der Waals surface area (Å²) in [5.41, 5.74) is 0.930. The van der Waals surface area contributed by atoms with Gasteiger partial charge in [0.05, 0.1) is 6.61 Å². The topological polar surface area (TPSA) is 43.4 Å². The third kappa shape index (κ3) is 1.53. The van der Waals surface area contributed by atoms with Crippen LogP contribution in [0.15, 0.2) is 29.3 Å². The molecule has 0 heterocycles. The molecular formula is C12H9ClO3. The molecule has 0 spiro atoms. The van der Waals surface area contributed by atoms with E-state index >= 15 is 0 Å². The van der Waals surface area contributed by atoms with Gasteiger partial charge in [-0.1, -0.05) is 35.9 Å². The summed E-state index contributed by atoms with van der Waals surface area (Å²) in [7, 11) is 0. The molecule has 4 heteroatoms. The number of ether oxygens (including phenoxy) is 1. The number of carbonyl (C=O) groups is 2. The van der Waals surface area contributed by atoms with Gasteiger partial charge in [-0.2, -0.15) is 0 Å². The van der Waals surface area contributed by atoms with E-state index in [4.69, 9.17) is 16.3 Å². The van der Waals surface area contributed by atoms with E-state index in [1.54, 1.807) is 31.2 Å². The van der Waals surface area contributed by atoms with Crippen molar-refractivity contribution >= 4 is 28.9 Å². The molecule has 0 fully saturated rings. The number of rotatable bonds is 2. The van der Waals surface area contributed by atoms with Crippen molar-refractivity contribution in [2.75, 3.05) is 6.61 Å². The minimum absolute atomic E-state index is 0.134. The molecule has 0 aromatic heterocycles. The monoisotopic (exact) mass is 236 g/mol. The Morgan fingerprint density at radius 3 is 2.38 bits per heavy atom. The second-order valence-corrected chi connectivity index (χ2v) is 3.66. The molecule has 0 atom stereocenters. The Balaban J connectivity index is 2.66. The molecule has 0 saturated heterocycles. The first-order chi connectivity index (χ1) is 7.66. The maximum Gasteiger partial charge on any atom is 0.248 e. The number of ketones is 2. The lowest BCUT2D eigenvalue weighted by molar-refractivity contribution is -0.111. The Bertz CT molecular complexity index is 503. The van der Waals surface area contributed by atoms with Crippen LogP contribution < -0.4 is 0 Å². The molecule has 0 N–H and O–H groups in total. The van der Waals surface area contributed by atoms with E-state index < -0.39 is 11.6 Å². The van der Waals surface area contributed by atoms with Gasteiger partial charge in [-0.3, -0.25) is 9.59 Å². The van der Waals surface area contributed by atoms with Gasteiger partial charge in [-0.05, 0) is 6.92 Å². The average molecular weight is 237 g/mol. The Hall–Kier alpha value is -1.61. The van der Waals surface area contributed by atoms with Crippen LogP contribution in [0.2, 0.25) is 0 Å². The minimum atomic E-state index is -0.705. The van der Waals surface area contributed by atoms with Crippen molar-refractivity contribution in [2.45, 2.75) is 6.92 Å². The van der Waals surface area contributed by atoms with E-state index in [1.165, 1.54) is 0 Å². The second kappa shape index (κ2) is 4.10. The van der Waals surface area contributed by atoms with Gasteiger partial charge in [-0.25, -0.2) is 0 Å². The summed E-state index contributed by atoms with van der Waals surface area (Å²) < 4.78 is 5.31. The van der Waals surface area contributed by atoms with E-state index in [1.807, 2.05) is 0 Å². The van der Waals surface area contributed by atoms with Crippen molar-refractivity contribution in [1.82, 2.24) is 0 Å². The van der Waals surface area contributed by atoms with Crippen LogP contribution in [0.3, 0.4) is 0 Å². The molecule has 0 saturated carbocycles. The summed E-state index contributed by atoms with van der Waals surface area (Å²) in [5, 5.41) is -0.134. The van der Waals surface area contributed by atoms with Gasteiger partial charge in [-0.15, -0.1) is 0 Å². The van der Waals surface area contributed by atoms with Crippen LogP contribution in [0.25, 0.3) is 5.76 Å². The highest BCUT2D eigenvalue weighted by atomic mass is 35.5. The zero-order chi connectivity index (χ0) is 11.7. The fourth-order valence-electron chi connectivity index (χ4n) is 1.61. The van der Waals surface area contributed by atoms with Crippen LogP contribution in [0.5, 0.6) is 0 Å². The van der Waals surface area contributed by atoms with E-state index in [2.05, 4.69) is 0 Å². The number of hydrogen-bond acceptors (Lipinski definition) is 3. The van der Waals surface area contributed by atoms with Crippen molar-refractivity contribution in [3.8, 4) is 0 Å². The number of halogens is 1. The first-order valence-corrected chi connectivity index (χ1v) is 5.25. The minimum Gasteiger partial charge on any atom is -0.492 e. The quantitative estimate of drug-likeness (QED) is 0.741. The van der Waals surface area contributed by atoms with Crippen LogP contribution in [-0.4, -0.2) is 18.2 Å². The molecule has 1 aromatic rings. The number of fused-ring (bicyclic) bond motifs is 1. The van der Waals surface area contributed by atoms with E-state index in [9.17, 15) is 9.59 Å². The maximum absolute atomic E-state index is 11.7. The van der Waals surface area contributed by atoms with Crippen LogP contribution in [0, 0.1) is 0 Å². The molecule has 0 aliphatic heterocycles. The summed E-state index contributed by atoms with van der Waals surface area (Å²) >= 11 is 5.82. The summed E-state index contributed by atoms with van der Waals surface area (Å²) in [6.45, 7) is 2.18. The summed E-state index contributed by atoms with van der Waals surface area (Å²) in [5.74, 6) is -0.989. The molecule has 0 unspecified atom stereocenters. The summed E-state index contributed by atoms with van der Waals surface area (Å²) in [4.78, 5) is 23.2. The van der Waals surface area contributed by atoms with E-state index in [0.717, 1.165) is 0 Å². The number of hydrogen-bond donors (Lipinski definition) is 0. The fraction of sp³-hybridized carbons (Fsp3) is 0.167. The van der Waals surface area contributed by atoms with Crippen molar-refractivity contribution in [2.24, 2.45) is 0 Å². The molecule has 0 amide bonds. The highest BCUT2D eigenvalue weighted by Crippen LogP contribution is 2.31. The van der Waals surface area contributed by atoms with Gasteiger partial charge in [0, 0.05) is 11.1 Å². The third-order valence-electron chi connectivity index (χ3n) is 2.31. The van der Waals surface area contributed by atoms with Crippen molar-refractivity contribution in [1.29, 1.82) is 0 Å². The summed E-state index contributed by atoms with van der Waals surface area (Å²) in [6.07, 6.45) is 0. The molecular weight excluding hydrogens is 228 g/mol. The molecule has 1 aliphatic carbocycles. The number of carbonyl (C=O) groups excluding carboxylic acids is 2. The Kier molecular flexibility index (Phi) is 2.79. The van der Waals surface area contributed by atoms with Gasteiger partial charge >= 0.3 is 0 Å². The first-order valence-electron chi connectivity index (χ1n) is 4.87. The van der Waals surface area contributed by atoms with Gasteiger partial charge < -0.3 is 4.74 Å². The van der Waals surface area contributed by atoms with Crippen molar-refractivity contribution < 1.29 is 14.3 Å². The van der Waals surface area contributed by atoms with Gasteiger partial charge in [0.2, 0.25) is 11.6 Å². The smallest absolute Gasteiger partial charge is 0.248 e. The van der Waals surface area contributed by atoms with Crippen LogP contribution >= 0.6 is 11.6 Å². The van der Waals surface area contributed by atoms with Crippen molar-refractivity contribution in [3.63, 3.8) is 0 Å². The van der Waals surface area contributed by atoms with Gasteiger partial charge in [0.15, 0.2) is 0 Å². The molecule has 16 heavy (non-hydrogen) atoms.